The highest BCUT2D eigenvalue weighted by atomic mass is 19.1. The summed E-state index contributed by atoms with van der Waals surface area (Å²) in [7, 11) is 4.07. The van der Waals surface area contributed by atoms with Crippen molar-refractivity contribution in [3.05, 3.63) is 72.6 Å². The topological polar surface area (TPSA) is 63.8 Å². The summed E-state index contributed by atoms with van der Waals surface area (Å²) in [6, 6.07) is 17.0. The van der Waals surface area contributed by atoms with Gasteiger partial charge in [-0.15, -0.1) is 0 Å². The standard InChI is InChI=1S/C28H33FN6/c1-4-13-34(2)18-27-30-15-24(32-27)21-9-5-19(6-10-21)20-7-11-22(12-8-20)25-16-31-28(33-25)26-14-23(29)17-35(26)3/h5-12,15-16,23,26H,4,13-14,17-18H2,1-3H3,(H,30,32)(H,31,33). The van der Waals surface area contributed by atoms with E-state index in [-0.39, 0.29) is 6.04 Å². The highest BCUT2D eigenvalue weighted by Crippen LogP contribution is 2.32. The number of aromatic amines is 2. The van der Waals surface area contributed by atoms with Crippen molar-refractivity contribution in [1.82, 2.24) is 29.7 Å². The monoisotopic (exact) mass is 472 g/mol. The molecule has 1 aliphatic heterocycles. The third-order valence-corrected chi connectivity index (χ3v) is 6.79. The first-order valence-corrected chi connectivity index (χ1v) is 12.3. The molecular weight excluding hydrogens is 439 g/mol. The highest BCUT2D eigenvalue weighted by Gasteiger charge is 2.32. The summed E-state index contributed by atoms with van der Waals surface area (Å²) in [5.74, 6) is 1.82. The quantitative estimate of drug-likeness (QED) is 0.346. The Labute approximate surface area is 206 Å². The maximum Gasteiger partial charge on any atom is 0.124 e. The van der Waals surface area contributed by atoms with Gasteiger partial charge in [0.2, 0.25) is 0 Å². The Bertz CT molecular complexity index is 1240. The van der Waals surface area contributed by atoms with Crippen molar-refractivity contribution in [2.75, 3.05) is 27.2 Å². The first-order chi connectivity index (χ1) is 17.0. The minimum atomic E-state index is -0.785. The van der Waals surface area contributed by atoms with Gasteiger partial charge < -0.3 is 9.97 Å². The molecule has 2 aromatic heterocycles. The van der Waals surface area contributed by atoms with Crippen LogP contribution in [-0.4, -0.2) is 63.1 Å². The number of H-pyrrole nitrogens is 2. The Morgan fingerprint density at radius 2 is 1.49 bits per heavy atom. The Hall–Kier alpha value is -3.29. The summed E-state index contributed by atoms with van der Waals surface area (Å²) in [4.78, 5) is 20.2. The Kier molecular flexibility index (Phi) is 6.79. The van der Waals surface area contributed by atoms with Crippen molar-refractivity contribution in [3.63, 3.8) is 0 Å². The lowest BCUT2D eigenvalue weighted by Gasteiger charge is -2.15. The fourth-order valence-corrected chi connectivity index (χ4v) is 4.90. The highest BCUT2D eigenvalue weighted by molar-refractivity contribution is 5.71. The number of imidazole rings is 2. The first kappa shape index (κ1) is 23.5. The number of alkyl halides is 1. The van der Waals surface area contributed by atoms with E-state index in [1.807, 2.05) is 24.3 Å². The van der Waals surface area contributed by atoms with Gasteiger partial charge in [-0.2, -0.15) is 0 Å². The Morgan fingerprint density at radius 3 is 2.06 bits per heavy atom. The smallest absolute Gasteiger partial charge is 0.124 e. The van der Waals surface area contributed by atoms with E-state index in [0.717, 1.165) is 64.8 Å². The number of benzene rings is 2. The van der Waals surface area contributed by atoms with E-state index in [1.54, 1.807) is 0 Å². The lowest BCUT2D eigenvalue weighted by atomic mass is 10.0. The molecule has 1 aliphatic rings. The summed E-state index contributed by atoms with van der Waals surface area (Å²) < 4.78 is 13.7. The lowest BCUT2D eigenvalue weighted by Crippen LogP contribution is -2.19. The molecule has 35 heavy (non-hydrogen) atoms. The summed E-state index contributed by atoms with van der Waals surface area (Å²) in [5, 5.41) is 0. The van der Waals surface area contributed by atoms with E-state index in [2.05, 4.69) is 87.3 Å². The SMILES string of the molecule is CCCN(C)Cc1ncc(-c2ccc(-c3ccc(-c4cnc(C5CC(F)CN5C)[nH]4)cc3)cc2)[nH]1. The molecule has 7 heteroatoms. The number of nitrogens with zero attached hydrogens (tertiary/aromatic N) is 4. The van der Waals surface area contributed by atoms with Crippen LogP contribution >= 0.6 is 0 Å². The predicted molar refractivity (Wildman–Crippen MR) is 139 cm³/mol. The number of likely N-dealkylation sites (tertiary alicyclic amines) is 1. The van der Waals surface area contributed by atoms with E-state index in [0.29, 0.717) is 13.0 Å². The van der Waals surface area contributed by atoms with Crippen molar-refractivity contribution in [1.29, 1.82) is 0 Å². The van der Waals surface area contributed by atoms with Crippen LogP contribution in [0.3, 0.4) is 0 Å². The van der Waals surface area contributed by atoms with E-state index in [1.165, 1.54) is 0 Å². The average molecular weight is 473 g/mol. The van der Waals surface area contributed by atoms with E-state index >= 15 is 0 Å². The van der Waals surface area contributed by atoms with Crippen LogP contribution in [0.2, 0.25) is 0 Å². The number of hydrogen-bond donors (Lipinski definition) is 2. The second kappa shape index (κ2) is 10.1. The van der Waals surface area contributed by atoms with Crippen LogP contribution in [0.1, 0.15) is 37.5 Å². The molecular formula is C28H33FN6. The molecule has 2 aromatic carbocycles. The van der Waals surface area contributed by atoms with Gasteiger partial charge in [-0.3, -0.25) is 9.80 Å². The normalized spacial score (nSPS) is 18.5. The summed E-state index contributed by atoms with van der Waals surface area (Å²) >= 11 is 0. The van der Waals surface area contributed by atoms with Crippen LogP contribution in [0.15, 0.2) is 60.9 Å². The van der Waals surface area contributed by atoms with Crippen molar-refractivity contribution in [3.8, 4) is 33.6 Å². The molecule has 0 spiro atoms. The zero-order valence-corrected chi connectivity index (χ0v) is 20.6. The molecule has 2 unspecified atom stereocenters. The number of halogens is 1. The van der Waals surface area contributed by atoms with E-state index < -0.39 is 6.17 Å². The molecule has 5 rings (SSSR count). The predicted octanol–water partition coefficient (Wildman–Crippen LogP) is 5.69. The van der Waals surface area contributed by atoms with Gasteiger partial charge in [-0.05, 0) is 49.3 Å². The van der Waals surface area contributed by atoms with Crippen LogP contribution in [0.4, 0.5) is 4.39 Å². The zero-order chi connectivity index (χ0) is 24.4. The van der Waals surface area contributed by atoms with Crippen molar-refractivity contribution in [2.24, 2.45) is 0 Å². The number of rotatable bonds is 8. The van der Waals surface area contributed by atoms with Gasteiger partial charge in [-0.25, -0.2) is 14.4 Å². The minimum absolute atomic E-state index is 0.0136. The van der Waals surface area contributed by atoms with Crippen LogP contribution in [0, 0.1) is 0 Å². The molecule has 1 fully saturated rings. The van der Waals surface area contributed by atoms with Crippen LogP contribution in [0.25, 0.3) is 33.6 Å². The fraction of sp³-hybridized carbons (Fsp3) is 0.357. The maximum atomic E-state index is 13.7. The van der Waals surface area contributed by atoms with Gasteiger partial charge in [0.1, 0.15) is 17.8 Å². The minimum Gasteiger partial charge on any atom is -0.341 e. The second-order valence-corrected chi connectivity index (χ2v) is 9.61. The Morgan fingerprint density at radius 1 is 0.914 bits per heavy atom. The molecule has 2 N–H and O–H groups in total. The van der Waals surface area contributed by atoms with Crippen molar-refractivity contribution in [2.45, 2.75) is 38.5 Å². The maximum absolute atomic E-state index is 13.7. The summed E-state index contributed by atoms with van der Waals surface area (Å²) in [6.45, 7) is 4.53. The molecule has 6 nitrogen and oxygen atoms in total. The van der Waals surface area contributed by atoms with Crippen molar-refractivity contribution < 1.29 is 4.39 Å². The number of hydrogen-bond acceptors (Lipinski definition) is 4. The summed E-state index contributed by atoms with van der Waals surface area (Å²) in [5.41, 5.74) is 6.50. The number of aromatic nitrogens is 4. The average Bonchev–Trinajstić information content (AvgIpc) is 3.60. The van der Waals surface area contributed by atoms with E-state index in [4.69, 9.17) is 0 Å². The third-order valence-electron chi connectivity index (χ3n) is 6.79. The zero-order valence-electron chi connectivity index (χ0n) is 20.6. The van der Waals surface area contributed by atoms with E-state index in [9.17, 15) is 4.39 Å². The van der Waals surface area contributed by atoms with Crippen LogP contribution in [0.5, 0.6) is 0 Å². The van der Waals surface area contributed by atoms with Gasteiger partial charge in [0.25, 0.3) is 0 Å². The Balaban J connectivity index is 1.26. The summed E-state index contributed by atoms with van der Waals surface area (Å²) in [6.07, 6.45) is 4.60. The molecule has 0 bridgehead atoms. The molecule has 0 amide bonds. The number of nitrogens with one attached hydrogen (secondary N) is 2. The molecule has 0 radical (unpaired) electrons. The third kappa shape index (κ3) is 5.21. The largest absolute Gasteiger partial charge is 0.341 e. The lowest BCUT2D eigenvalue weighted by molar-refractivity contribution is 0.292. The molecule has 0 aliphatic carbocycles. The van der Waals surface area contributed by atoms with Gasteiger partial charge in [0.05, 0.1) is 36.4 Å². The van der Waals surface area contributed by atoms with Gasteiger partial charge >= 0.3 is 0 Å². The first-order valence-electron chi connectivity index (χ1n) is 12.3. The van der Waals surface area contributed by atoms with Crippen LogP contribution in [-0.2, 0) is 6.54 Å². The molecule has 182 valence electrons. The molecule has 4 aromatic rings. The van der Waals surface area contributed by atoms with Gasteiger partial charge in [-0.1, -0.05) is 55.5 Å². The molecule has 3 heterocycles. The molecule has 0 saturated carbocycles. The van der Waals surface area contributed by atoms with Gasteiger partial charge in [0, 0.05) is 13.0 Å². The second-order valence-electron chi connectivity index (χ2n) is 9.61. The molecule has 2 atom stereocenters. The van der Waals surface area contributed by atoms with Crippen molar-refractivity contribution >= 4 is 0 Å². The molecule has 1 saturated heterocycles. The fourth-order valence-electron chi connectivity index (χ4n) is 4.90. The van der Waals surface area contributed by atoms with Gasteiger partial charge in [0.15, 0.2) is 0 Å². The van der Waals surface area contributed by atoms with Crippen LogP contribution < -0.4 is 0 Å².